The Morgan fingerprint density at radius 3 is 2.22 bits per heavy atom. The molecule has 1 heteroatoms. The number of rotatable bonds is 9. The molecule has 1 saturated heterocycles. The average Bonchev–Trinajstić information content (AvgIpc) is 2.80. The molecule has 0 aromatic rings. The lowest BCUT2D eigenvalue weighted by atomic mass is 9.69. The molecule has 0 bridgehead atoms. The van der Waals surface area contributed by atoms with Gasteiger partial charge < -0.3 is 4.90 Å². The van der Waals surface area contributed by atoms with E-state index in [1.165, 1.54) is 70.9 Å². The van der Waals surface area contributed by atoms with Crippen LogP contribution in [-0.2, 0) is 0 Å². The highest BCUT2D eigenvalue weighted by Crippen LogP contribution is 2.42. The van der Waals surface area contributed by atoms with Crippen LogP contribution in [0, 0.1) is 11.3 Å². The zero-order valence-corrected chi connectivity index (χ0v) is 13.3. The summed E-state index contributed by atoms with van der Waals surface area (Å²) in [7, 11) is 2.29. The Labute approximate surface area is 115 Å². The van der Waals surface area contributed by atoms with Crippen LogP contribution < -0.4 is 0 Å². The summed E-state index contributed by atoms with van der Waals surface area (Å²) in [6, 6.07) is 0. The molecule has 1 aliphatic rings. The summed E-state index contributed by atoms with van der Waals surface area (Å²) in [6.07, 6.45) is 12.8. The molecule has 1 rings (SSSR count). The summed E-state index contributed by atoms with van der Waals surface area (Å²) >= 11 is 0. The van der Waals surface area contributed by atoms with E-state index in [1.807, 2.05) is 0 Å². The van der Waals surface area contributed by atoms with Crippen molar-refractivity contribution in [2.45, 2.75) is 78.6 Å². The molecule has 0 amide bonds. The Kier molecular flexibility index (Phi) is 7.29. The Morgan fingerprint density at radius 1 is 1.00 bits per heavy atom. The maximum atomic E-state index is 2.58. The van der Waals surface area contributed by atoms with Gasteiger partial charge in [-0.2, -0.15) is 0 Å². The minimum Gasteiger partial charge on any atom is -0.306 e. The molecular weight excluding hydrogens is 218 g/mol. The van der Waals surface area contributed by atoms with Crippen molar-refractivity contribution in [2.75, 3.05) is 20.1 Å². The van der Waals surface area contributed by atoms with E-state index in [0.717, 1.165) is 5.92 Å². The lowest BCUT2D eigenvalue weighted by Crippen LogP contribution is -2.30. The van der Waals surface area contributed by atoms with Gasteiger partial charge in [0, 0.05) is 6.54 Å². The van der Waals surface area contributed by atoms with Gasteiger partial charge in [-0.15, -0.1) is 0 Å². The summed E-state index contributed by atoms with van der Waals surface area (Å²) in [6.45, 7) is 9.88. The van der Waals surface area contributed by atoms with Gasteiger partial charge in [0.2, 0.25) is 0 Å². The smallest absolute Gasteiger partial charge is 0.00123 e. The Balaban J connectivity index is 2.45. The van der Waals surface area contributed by atoms with Crippen LogP contribution in [-0.4, -0.2) is 25.0 Å². The molecule has 1 aliphatic heterocycles. The van der Waals surface area contributed by atoms with E-state index in [-0.39, 0.29) is 0 Å². The van der Waals surface area contributed by atoms with Crippen molar-refractivity contribution in [1.82, 2.24) is 4.90 Å². The zero-order chi connectivity index (χ0) is 13.4. The summed E-state index contributed by atoms with van der Waals surface area (Å²) in [5, 5.41) is 0. The van der Waals surface area contributed by atoms with Crippen molar-refractivity contribution in [3.05, 3.63) is 0 Å². The van der Waals surface area contributed by atoms with E-state index in [1.54, 1.807) is 0 Å². The SMILES string of the molecule is CCCCCCC(C)(CCCC)C1CCN(C)C1. The second-order valence-corrected chi connectivity index (χ2v) is 6.82. The first kappa shape index (κ1) is 16.0. The first-order chi connectivity index (χ1) is 8.62. The Bertz CT molecular complexity index is 214. The minimum absolute atomic E-state index is 0.620. The van der Waals surface area contributed by atoms with Crippen molar-refractivity contribution in [1.29, 1.82) is 0 Å². The van der Waals surface area contributed by atoms with Gasteiger partial charge in [0.05, 0.1) is 0 Å². The molecule has 2 atom stereocenters. The highest BCUT2D eigenvalue weighted by atomic mass is 15.1. The van der Waals surface area contributed by atoms with E-state index in [2.05, 4.69) is 32.7 Å². The molecule has 0 spiro atoms. The minimum atomic E-state index is 0.620. The van der Waals surface area contributed by atoms with E-state index >= 15 is 0 Å². The molecule has 0 aromatic carbocycles. The lowest BCUT2D eigenvalue weighted by molar-refractivity contribution is 0.147. The molecule has 2 unspecified atom stereocenters. The summed E-state index contributed by atoms with van der Waals surface area (Å²) in [5.74, 6) is 0.954. The van der Waals surface area contributed by atoms with Crippen LogP contribution in [0.3, 0.4) is 0 Å². The predicted octanol–water partition coefficient (Wildman–Crippen LogP) is 5.11. The highest BCUT2D eigenvalue weighted by molar-refractivity contribution is 4.88. The van der Waals surface area contributed by atoms with Crippen LogP contribution in [0.5, 0.6) is 0 Å². The van der Waals surface area contributed by atoms with E-state index < -0.39 is 0 Å². The first-order valence-electron chi connectivity index (χ1n) is 8.31. The molecule has 0 N–H and O–H groups in total. The normalized spacial score (nSPS) is 24.3. The van der Waals surface area contributed by atoms with Crippen molar-refractivity contribution < 1.29 is 0 Å². The van der Waals surface area contributed by atoms with Gasteiger partial charge in [0.15, 0.2) is 0 Å². The Morgan fingerprint density at radius 2 is 1.67 bits per heavy atom. The maximum Gasteiger partial charge on any atom is 0.00123 e. The van der Waals surface area contributed by atoms with Gasteiger partial charge >= 0.3 is 0 Å². The second-order valence-electron chi connectivity index (χ2n) is 6.82. The molecule has 0 aliphatic carbocycles. The molecule has 1 nitrogen and oxygen atoms in total. The van der Waals surface area contributed by atoms with Gasteiger partial charge in [-0.25, -0.2) is 0 Å². The fourth-order valence-electron chi connectivity index (χ4n) is 3.57. The summed E-state index contributed by atoms with van der Waals surface area (Å²) < 4.78 is 0. The third-order valence-electron chi connectivity index (χ3n) is 5.08. The fourth-order valence-corrected chi connectivity index (χ4v) is 3.57. The van der Waals surface area contributed by atoms with Crippen LogP contribution in [0.15, 0.2) is 0 Å². The van der Waals surface area contributed by atoms with Crippen LogP contribution in [0.25, 0.3) is 0 Å². The third kappa shape index (κ3) is 4.91. The molecule has 18 heavy (non-hydrogen) atoms. The topological polar surface area (TPSA) is 3.24 Å². The van der Waals surface area contributed by atoms with E-state index in [0.29, 0.717) is 5.41 Å². The highest BCUT2D eigenvalue weighted by Gasteiger charge is 2.36. The quantitative estimate of drug-likeness (QED) is 0.516. The fraction of sp³-hybridized carbons (Fsp3) is 1.00. The summed E-state index contributed by atoms with van der Waals surface area (Å²) in [5.41, 5.74) is 0.620. The number of hydrogen-bond acceptors (Lipinski definition) is 1. The largest absolute Gasteiger partial charge is 0.306 e. The van der Waals surface area contributed by atoms with Crippen LogP contribution in [0.4, 0.5) is 0 Å². The third-order valence-corrected chi connectivity index (χ3v) is 5.08. The molecule has 0 radical (unpaired) electrons. The molecule has 108 valence electrons. The van der Waals surface area contributed by atoms with Crippen molar-refractivity contribution in [2.24, 2.45) is 11.3 Å². The monoisotopic (exact) mass is 253 g/mol. The molecule has 1 heterocycles. The standard InChI is InChI=1S/C17H35N/c1-5-7-9-10-13-17(3,12-8-6-2)16-11-14-18(4)15-16/h16H,5-15H2,1-4H3. The van der Waals surface area contributed by atoms with Gasteiger partial charge in [0.25, 0.3) is 0 Å². The molecule has 1 fully saturated rings. The molecule has 0 saturated carbocycles. The van der Waals surface area contributed by atoms with Crippen LogP contribution >= 0.6 is 0 Å². The first-order valence-corrected chi connectivity index (χ1v) is 8.31. The Hall–Kier alpha value is -0.0400. The van der Waals surface area contributed by atoms with Gasteiger partial charge in [-0.05, 0) is 44.2 Å². The van der Waals surface area contributed by atoms with E-state index in [4.69, 9.17) is 0 Å². The number of nitrogens with zero attached hydrogens (tertiary/aromatic N) is 1. The van der Waals surface area contributed by atoms with E-state index in [9.17, 15) is 0 Å². The van der Waals surface area contributed by atoms with Gasteiger partial charge in [-0.3, -0.25) is 0 Å². The molecule has 0 aromatic heterocycles. The zero-order valence-electron chi connectivity index (χ0n) is 13.3. The summed E-state index contributed by atoms with van der Waals surface area (Å²) in [4.78, 5) is 2.53. The number of unbranched alkanes of at least 4 members (excludes halogenated alkanes) is 4. The average molecular weight is 253 g/mol. The van der Waals surface area contributed by atoms with Gasteiger partial charge in [0.1, 0.15) is 0 Å². The lowest BCUT2D eigenvalue weighted by Gasteiger charge is -2.36. The number of hydrogen-bond donors (Lipinski definition) is 0. The van der Waals surface area contributed by atoms with Crippen molar-refractivity contribution in [3.8, 4) is 0 Å². The maximum absolute atomic E-state index is 2.58. The molecular formula is C17H35N. The second kappa shape index (κ2) is 8.19. The van der Waals surface area contributed by atoms with Crippen LogP contribution in [0.1, 0.15) is 78.6 Å². The van der Waals surface area contributed by atoms with Crippen molar-refractivity contribution >= 4 is 0 Å². The van der Waals surface area contributed by atoms with Crippen LogP contribution in [0.2, 0.25) is 0 Å². The van der Waals surface area contributed by atoms with Gasteiger partial charge in [-0.1, -0.05) is 59.3 Å². The predicted molar refractivity (Wildman–Crippen MR) is 82.0 cm³/mol. The number of likely N-dealkylation sites (tertiary alicyclic amines) is 1. The van der Waals surface area contributed by atoms with Crippen molar-refractivity contribution in [3.63, 3.8) is 0 Å².